The molecule has 4 nitrogen and oxygen atoms in total. The van der Waals surface area contributed by atoms with E-state index in [0.29, 0.717) is 5.82 Å². The molecular weight excluding hydrogens is 563 g/mol. The van der Waals surface area contributed by atoms with Gasteiger partial charge in [0.05, 0.1) is 0 Å². The molecule has 0 saturated heterocycles. The summed E-state index contributed by atoms with van der Waals surface area (Å²) >= 11 is -2.68. The molecule has 0 fully saturated rings. The zero-order valence-electron chi connectivity index (χ0n) is 23.8. The quantitative estimate of drug-likeness (QED) is 0.193. The third-order valence-electron chi connectivity index (χ3n) is 7.12. The Labute approximate surface area is 228 Å². The van der Waals surface area contributed by atoms with Crippen molar-refractivity contribution in [2.75, 3.05) is 0 Å². The van der Waals surface area contributed by atoms with Crippen LogP contribution in [-0.4, -0.2) is 39.6 Å². The van der Waals surface area contributed by atoms with Crippen molar-refractivity contribution in [1.29, 1.82) is 0 Å². The summed E-state index contributed by atoms with van der Waals surface area (Å²) in [7, 11) is 0. The van der Waals surface area contributed by atoms with Crippen molar-refractivity contribution < 1.29 is 9.53 Å². The molecule has 0 aliphatic carbocycles. The van der Waals surface area contributed by atoms with Crippen LogP contribution >= 0.6 is 0 Å². The summed E-state index contributed by atoms with van der Waals surface area (Å²) in [5.41, 5.74) is 2.21. The number of unbranched alkanes of at least 4 members (excludes halogenated alkanes) is 3. The zero-order chi connectivity index (χ0) is 26.9. The van der Waals surface area contributed by atoms with E-state index < -0.39 is 24.0 Å². The van der Waals surface area contributed by atoms with E-state index in [1.807, 2.05) is 63.3 Å². The normalized spacial score (nSPS) is 12.5. The van der Waals surface area contributed by atoms with E-state index in [2.05, 4.69) is 39.0 Å². The van der Waals surface area contributed by atoms with Crippen molar-refractivity contribution in [2.24, 2.45) is 0 Å². The molecule has 0 unspecified atom stereocenters. The SMILES string of the molecule is CCC[CH2][Sn]([CH2]CCC)([CH2]CCC)[c]1ccc2nc(/C=C/c3ccccc3)n(C(=O)OC(C)(C)C)c2c1. The van der Waals surface area contributed by atoms with Crippen LogP contribution in [0.25, 0.3) is 23.2 Å². The summed E-state index contributed by atoms with van der Waals surface area (Å²) in [5, 5.41) is 0. The molecule has 0 bridgehead atoms. The fraction of sp³-hybridized carbons (Fsp3) is 0.500. The number of hydrogen-bond donors (Lipinski definition) is 0. The van der Waals surface area contributed by atoms with Gasteiger partial charge in [-0.3, -0.25) is 0 Å². The Morgan fingerprint density at radius 2 is 1.49 bits per heavy atom. The van der Waals surface area contributed by atoms with Crippen molar-refractivity contribution in [1.82, 2.24) is 9.55 Å². The van der Waals surface area contributed by atoms with E-state index in [1.54, 1.807) is 8.15 Å². The number of carbonyl (C=O) groups is 1. The van der Waals surface area contributed by atoms with Gasteiger partial charge >= 0.3 is 229 Å². The van der Waals surface area contributed by atoms with Crippen LogP contribution in [0.15, 0.2) is 48.5 Å². The van der Waals surface area contributed by atoms with Gasteiger partial charge in [-0.05, 0) is 0 Å². The van der Waals surface area contributed by atoms with Gasteiger partial charge in [0, 0.05) is 0 Å². The molecule has 0 amide bonds. The minimum absolute atomic E-state index is 0.365. The first-order valence-electron chi connectivity index (χ1n) is 14.2. The van der Waals surface area contributed by atoms with Crippen LogP contribution in [0.1, 0.15) is 91.5 Å². The van der Waals surface area contributed by atoms with Gasteiger partial charge in [0.1, 0.15) is 0 Å². The first-order chi connectivity index (χ1) is 17.7. The van der Waals surface area contributed by atoms with Gasteiger partial charge in [-0.2, -0.15) is 0 Å². The minimum atomic E-state index is -2.68. The number of benzene rings is 2. The summed E-state index contributed by atoms with van der Waals surface area (Å²) in [5.74, 6) is 0.613. The second kappa shape index (κ2) is 13.6. The van der Waals surface area contributed by atoms with Crippen molar-refractivity contribution in [3.05, 3.63) is 59.9 Å². The standard InChI is InChI=1S/C20H19N2O2.3C4H9.Sn/c1-20(2,3)24-19(23)22-17-12-8-7-11-16(17)21-18(22)14-13-15-9-5-4-6-10-15;3*1-3-4-2;/h4-7,9-14H,1-3H3;3*1,3-4H2,2H3;/b14-13+;;;;. The summed E-state index contributed by atoms with van der Waals surface area (Å²) in [6, 6.07) is 17.0. The molecular formula is C32H46N2O2Sn. The topological polar surface area (TPSA) is 44.1 Å². The number of rotatable bonds is 12. The van der Waals surface area contributed by atoms with E-state index >= 15 is 0 Å². The second-order valence-corrected chi connectivity index (χ2v) is 24.6. The summed E-state index contributed by atoms with van der Waals surface area (Å²) in [6.07, 6.45) is 11.2. The van der Waals surface area contributed by atoms with Crippen molar-refractivity contribution in [2.45, 2.75) is 99.0 Å². The summed E-state index contributed by atoms with van der Waals surface area (Å²) in [6.45, 7) is 12.7. The van der Waals surface area contributed by atoms with Crippen LogP contribution in [0.3, 0.4) is 0 Å². The molecule has 0 aliphatic heterocycles. The Kier molecular flexibility index (Phi) is 10.9. The monoisotopic (exact) mass is 610 g/mol. The Morgan fingerprint density at radius 3 is 2.03 bits per heavy atom. The molecule has 0 N–H and O–H groups in total. The third-order valence-corrected chi connectivity index (χ3v) is 22.7. The van der Waals surface area contributed by atoms with E-state index in [-0.39, 0.29) is 6.09 Å². The van der Waals surface area contributed by atoms with Crippen LogP contribution in [0.2, 0.25) is 13.3 Å². The van der Waals surface area contributed by atoms with Gasteiger partial charge in [0.25, 0.3) is 0 Å². The number of nitrogens with zero attached hydrogens (tertiary/aromatic N) is 2. The fourth-order valence-corrected chi connectivity index (χ4v) is 21.1. The molecule has 1 aromatic heterocycles. The molecule has 200 valence electrons. The predicted octanol–water partition coefficient (Wildman–Crippen LogP) is 9.05. The van der Waals surface area contributed by atoms with Crippen molar-refractivity contribution in [3.63, 3.8) is 0 Å². The second-order valence-electron chi connectivity index (χ2n) is 11.3. The van der Waals surface area contributed by atoms with Gasteiger partial charge in [-0.15, -0.1) is 0 Å². The average molecular weight is 609 g/mol. The fourth-order valence-electron chi connectivity index (χ4n) is 5.12. The van der Waals surface area contributed by atoms with Gasteiger partial charge in [0.2, 0.25) is 0 Å². The van der Waals surface area contributed by atoms with Gasteiger partial charge in [-0.1, -0.05) is 0 Å². The first-order valence-corrected chi connectivity index (χ1v) is 21.7. The molecule has 0 radical (unpaired) electrons. The van der Waals surface area contributed by atoms with E-state index in [4.69, 9.17) is 9.72 Å². The Morgan fingerprint density at radius 1 is 0.892 bits per heavy atom. The van der Waals surface area contributed by atoms with E-state index in [0.717, 1.165) is 16.6 Å². The van der Waals surface area contributed by atoms with E-state index in [9.17, 15) is 4.79 Å². The number of hydrogen-bond acceptors (Lipinski definition) is 3. The maximum atomic E-state index is 13.5. The van der Waals surface area contributed by atoms with Crippen LogP contribution in [-0.2, 0) is 4.74 Å². The van der Waals surface area contributed by atoms with Gasteiger partial charge < -0.3 is 0 Å². The molecule has 3 rings (SSSR count). The molecule has 0 aliphatic rings. The number of ether oxygens (including phenoxy) is 1. The average Bonchev–Trinajstić information content (AvgIpc) is 3.25. The third kappa shape index (κ3) is 7.95. The number of carbonyl (C=O) groups excluding carboxylic acids is 1. The predicted molar refractivity (Wildman–Crippen MR) is 161 cm³/mol. The summed E-state index contributed by atoms with van der Waals surface area (Å²) < 4.78 is 13.3. The molecule has 0 spiro atoms. The molecule has 5 heteroatoms. The van der Waals surface area contributed by atoms with Crippen LogP contribution in [0.5, 0.6) is 0 Å². The molecule has 37 heavy (non-hydrogen) atoms. The van der Waals surface area contributed by atoms with Crippen molar-refractivity contribution >= 4 is 51.2 Å². The Balaban J connectivity index is 2.17. The Hall–Kier alpha value is -2.08. The molecule has 2 aromatic carbocycles. The van der Waals surface area contributed by atoms with E-state index in [1.165, 1.54) is 51.8 Å². The van der Waals surface area contributed by atoms with Gasteiger partial charge in [-0.25, -0.2) is 0 Å². The molecule has 0 saturated carbocycles. The zero-order valence-corrected chi connectivity index (χ0v) is 26.7. The van der Waals surface area contributed by atoms with Crippen LogP contribution in [0.4, 0.5) is 4.79 Å². The molecule has 3 aromatic rings. The van der Waals surface area contributed by atoms with Crippen LogP contribution in [0, 0.1) is 0 Å². The number of aromatic nitrogens is 2. The van der Waals surface area contributed by atoms with Crippen LogP contribution < -0.4 is 3.58 Å². The number of fused-ring (bicyclic) bond motifs is 1. The van der Waals surface area contributed by atoms with Gasteiger partial charge in [0.15, 0.2) is 0 Å². The molecule has 1 heterocycles. The number of imidazole rings is 1. The van der Waals surface area contributed by atoms with Crippen molar-refractivity contribution in [3.8, 4) is 0 Å². The first kappa shape index (κ1) is 29.5. The Bertz CT molecular complexity index is 1150. The summed E-state index contributed by atoms with van der Waals surface area (Å²) in [4.78, 5) is 18.4. The molecule has 0 atom stereocenters. The maximum absolute atomic E-state index is 13.5.